The predicted octanol–water partition coefficient (Wildman–Crippen LogP) is 4.87. The molecule has 19 heavy (non-hydrogen) atoms. The van der Waals surface area contributed by atoms with Crippen molar-refractivity contribution in [2.75, 3.05) is 0 Å². The van der Waals surface area contributed by atoms with E-state index in [0.717, 1.165) is 0 Å². The van der Waals surface area contributed by atoms with E-state index in [2.05, 4.69) is 0 Å². The summed E-state index contributed by atoms with van der Waals surface area (Å²) in [5.41, 5.74) is 1.50. The highest BCUT2D eigenvalue weighted by Gasteiger charge is 2.15. The van der Waals surface area contributed by atoms with Gasteiger partial charge in [0.05, 0.1) is 5.02 Å². The highest BCUT2D eigenvalue weighted by Crippen LogP contribution is 2.23. The Balaban J connectivity index is 2.31. The molecule has 0 atom stereocenters. The zero-order valence-electron chi connectivity index (χ0n) is 10.2. The highest BCUT2D eigenvalue weighted by atomic mass is 35.5. The van der Waals surface area contributed by atoms with Gasteiger partial charge in [0.25, 0.3) is 0 Å². The fourth-order valence-corrected chi connectivity index (χ4v) is 2.23. The molecule has 0 aliphatic rings. The quantitative estimate of drug-likeness (QED) is 0.739. The number of benzene rings is 2. The predicted molar refractivity (Wildman–Crippen MR) is 75.6 cm³/mol. The monoisotopic (exact) mass is 296 g/mol. The number of carbonyl (C=O) groups excluding carboxylic acids is 1. The van der Waals surface area contributed by atoms with Crippen LogP contribution in [0.3, 0.4) is 0 Å². The molecule has 0 amide bonds. The van der Waals surface area contributed by atoms with Gasteiger partial charge < -0.3 is 0 Å². The summed E-state index contributed by atoms with van der Waals surface area (Å²) in [5, 5.41) is 0.547. The summed E-state index contributed by atoms with van der Waals surface area (Å²) in [5.74, 6) is -0.724. The summed E-state index contributed by atoms with van der Waals surface area (Å²) < 4.78 is 13.7. The summed E-state index contributed by atoms with van der Waals surface area (Å²) in [6.45, 7) is 1.77. The minimum atomic E-state index is -0.544. The van der Waals surface area contributed by atoms with E-state index in [4.69, 9.17) is 23.2 Å². The van der Waals surface area contributed by atoms with Gasteiger partial charge in [-0.2, -0.15) is 0 Å². The van der Waals surface area contributed by atoms with Crippen LogP contribution in [0.15, 0.2) is 36.4 Å². The van der Waals surface area contributed by atoms with E-state index in [0.29, 0.717) is 16.1 Å². The standard InChI is InChI=1S/C15H11Cl2FO/c1-9-11(5-3-6-12(9)16)14(19)8-10-4-2-7-13(17)15(10)18/h2-7H,8H2,1H3. The van der Waals surface area contributed by atoms with Crippen LogP contribution in [0, 0.1) is 12.7 Å². The van der Waals surface area contributed by atoms with Crippen LogP contribution in [0.5, 0.6) is 0 Å². The van der Waals surface area contributed by atoms with Crippen LogP contribution in [0.1, 0.15) is 21.5 Å². The molecule has 0 aliphatic heterocycles. The molecule has 0 N–H and O–H groups in total. The Morgan fingerprint density at radius 1 is 1.11 bits per heavy atom. The lowest BCUT2D eigenvalue weighted by Gasteiger charge is -2.07. The number of Topliss-reactive ketones (excluding diaryl/α,β-unsaturated/α-hetero) is 1. The highest BCUT2D eigenvalue weighted by molar-refractivity contribution is 6.32. The number of carbonyl (C=O) groups is 1. The Kier molecular flexibility index (Phi) is 4.23. The number of rotatable bonds is 3. The van der Waals surface area contributed by atoms with E-state index >= 15 is 0 Å². The first-order valence-corrected chi connectivity index (χ1v) is 6.47. The Labute approximate surface area is 121 Å². The molecule has 0 bridgehead atoms. The number of hydrogen-bond donors (Lipinski definition) is 0. The SMILES string of the molecule is Cc1c(Cl)cccc1C(=O)Cc1cccc(Cl)c1F. The van der Waals surface area contributed by atoms with Crippen molar-refractivity contribution in [3.05, 3.63) is 69.0 Å². The summed E-state index contributed by atoms with van der Waals surface area (Å²) in [4.78, 5) is 12.2. The van der Waals surface area contributed by atoms with Gasteiger partial charge in [0.1, 0.15) is 5.82 Å². The molecule has 2 aromatic rings. The first-order chi connectivity index (χ1) is 9.00. The fraction of sp³-hybridized carbons (Fsp3) is 0.133. The zero-order chi connectivity index (χ0) is 14.0. The second-order valence-corrected chi connectivity index (χ2v) is 5.04. The minimum absolute atomic E-state index is 0.0214. The van der Waals surface area contributed by atoms with Crippen molar-refractivity contribution in [2.45, 2.75) is 13.3 Å². The van der Waals surface area contributed by atoms with Gasteiger partial charge in [0.15, 0.2) is 5.78 Å². The average Bonchev–Trinajstić information content (AvgIpc) is 2.38. The van der Waals surface area contributed by atoms with Crippen molar-refractivity contribution < 1.29 is 9.18 Å². The molecule has 0 aromatic heterocycles. The van der Waals surface area contributed by atoms with Crippen molar-refractivity contribution in [3.63, 3.8) is 0 Å². The normalized spacial score (nSPS) is 10.5. The molecule has 2 rings (SSSR count). The molecular weight excluding hydrogens is 286 g/mol. The summed E-state index contributed by atoms with van der Waals surface area (Å²) in [6.07, 6.45) is -0.0342. The summed E-state index contributed by atoms with van der Waals surface area (Å²) in [6, 6.07) is 9.74. The molecular formula is C15H11Cl2FO. The van der Waals surface area contributed by atoms with Gasteiger partial charge in [0.2, 0.25) is 0 Å². The molecule has 0 aliphatic carbocycles. The van der Waals surface area contributed by atoms with Crippen molar-refractivity contribution >= 4 is 29.0 Å². The molecule has 0 fully saturated rings. The van der Waals surface area contributed by atoms with Crippen molar-refractivity contribution in [2.24, 2.45) is 0 Å². The Morgan fingerprint density at radius 2 is 1.74 bits per heavy atom. The molecule has 0 heterocycles. The van der Waals surface area contributed by atoms with Crippen LogP contribution in [-0.2, 0) is 6.42 Å². The van der Waals surface area contributed by atoms with Crippen LogP contribution in [0.2, 0.25) is 10.0 Å². The molecule has 0 saturated heterocycles. The molecule has 2 aromatic carbocycles. The van der Waals surface area contributed by atoms with Gasteiger partial charge >= 0.3 is 0 Å². The maximum atomic E-state index is 13.7. The lowest BCUT2D eigenvalue weighted by atomic mass is 9.99. The topological polar surface area (TPSA) is 17.1 Å². The van der Waals surface area contributed by atoms with E-state index < -0.39 is 5.82 Å². The third-order valence-electron chi connectivity index (χ3n) is 2.95. The van der Waals surface area contributed by atoms with E-state index in [9.17, 15) is 9.18 Å². The van der Waals surface area contributed by atoms with E-state index in [1.165, 1.54) is 6.07 Å². The van der Waals surface area contributed by atoms with E-state index in [1.807, 2.05) is 0 Å². The molecule has 98 valence electrons. The molecule has 0 radical (unpaired) electrons. The average molecular weight is 297 g/mol. The lowest BCUT2D eigenvalue weighted by Crippen LogP contribution is -2.07. The summed E-state index contributed by atoms with van der Waals surface area (Å²) in [7, 11) is 0. The number of halogens is 3. The van der Waals surface area contributed by atoms with Crippen molar-refractivity contribution in [3.8, 4) is 0 Å². The van der Waals surface area contributed by atoms with Crippen LogP contribution in [-0.4, -0.2) is 5.78 Å². The molecule has 0 saturated carbocycles. The van der Waals surface area contributed by atoms with Crippen LogP contribution >= 0.6 is 23.2 Å². The van der Waals surface area contributed by atoms with Crippen LogP contribution < -0.4 is 0 Å². The molecule has 1 nitrogen and oxygen atoms in total. The van der Waals surface area contributed by atoms with Crippen LogP contribution in [0.4, 0.5) is 4.39 Å². The van der Waals surface area contributed by atoms with Gasteiger partial charge in [-0.1, -0.05) is 47.5 Å². The lowest BCUT2D eigenvalue weighted by molar-refractivity contribution is 0.0991. The zero-order valence-corrected chi connectivity index (χ0v) is 11.7. The Bertz CT molecular complexity index is 638. The molecule has 0 unspecified atom stereocenters. The number of ketones is 1. The smallest absolute Gasteiger partial charge is 0.167 e. The number of hydrogen-bond acceptors (Lipinski definition) is 1. The third-order valence-corrected chi connectivity index (χ3v) is 3.65. The van der Waals surface area contributed by atoms with Gasteiger partial charge in [-0.15, -0.1) is 0 Å². The van der Waals surface area contributed by atoms with Gasteiger partial charge in [-0.25, -0.2) is 4.39 Å². The minimum Gasteiger partial charge on any atom is -0.294 e. The van der Waals surface area contributed by atoms with E-state index in [-0.39, 0.29) is 22.8 Å². The second kappa shape index (κ2) is 5.72. The first kappa shape index (κ1) is 14.0. The van der Waals surface area contributed by atoms with Crippen molar-refractivity contribution in [1.82, 2.24) is 0 Å². The largest absolute Gasteiger partial charge is 0.294 e. The maximum absolute atomic E-state index is 13.7. The maximum Gasteiger partial charge on any atom is 0.167 e. The molecule has 0 spiro atoms. The Hall–Kier alpha value is -1.38. The third kappa shape index (κ3) is 2.96. The fourth-order valence-electron chi connectivity index (χ4n) is 1.86. The first-order valence-electron chi connectivity index (χ1n) is 5.72. The van der Waals surface area contributed by atoms with Gasteiger partial charge in [-0.3, -0.25) is 4.79 Å². The Morgan fingerprint density at radius 3 is 2.47 bits per heavy atom. The molecule has 4 heteroatoms. The van der Waals surface area contributed by atoms with Crippen molar-refractivity contribution in [1.29, 1.82) is 0 Å². The van der Waals surface area contributed by atoms with Gasteiger partial charge in [-0.05, 0) is 30.2 Å². The second-order valence-electron chi connectivity index (χ2n) is 4.23. The van der Waals surface area contributed by atoms with E-state index in [1.54, 1.807) is 37.3 Å². The van der Waals surface area contributed by atoms with Crippen LogP contribution in [0.25, 0.3) is 0 Å². The van der Waals surface area contributed by atoms with Gasteiger partial charge in [0, 0.05) is 17.0 Å². The summed E-state index contributed by atoms with van der Waals surface area (Å²) >= 11 is 11.7.